The summed E-state index contributed by atoms with van der Waals surface area (Å²) in [4.78, 5) is 6.54. The third-order valence-corrected chi connectivity index (χ3v) is 6.50. The highest BCUT2D eigenvalue weighted by Gasteiger charge is 2.31. The number of aromatic nitrogens is 3. The maximum atomic E-state index is 6.13. The fourth-order valence-corrected chi connectivity index (χ4v) is 4.94. The Morgan fingerprint density at radius 3 is 2.48 bits per heavy atom. The smallest absolute Gasteiger partial charge is 0.163 e. The van der Waals surface area contributed by atoms with Crippen LogP contribution >= 0.6 is 22.9 Å². The number of hydrogen-bond donors (Lipinski definition) is 0. The molecule has 2 aromatic heterocycles. The van der Waals surface area contributed by atoms with Crippen molar-refractivity contribution in [2.75, 3.05) is 0 Å². The third-order valence-electron chi connectivity index (χ3n) is 5.05. The molecule has 0 spiro atoms. The minimum absolute atomic E-state index is 0.0174. The molecule has 0 unspecified atom stereocenters. The van der Waals surface area contributed by atoms with Gasteiger partial charge in [0.2, 0.25) is 0 Å². The SMILES string of the molecule is Cc1sc2c(c1C)C(c1ccc(Cl)cc1)=N[C@@H](CC(C)C)c1nnc(C)n1-2. The molecule has 0 aliphatic carbocycles. The number of halogens is 1. The Labute approximate surface area is 168 Å². The standard InChI is InChI=1S/C21H23ClN4S/c1-11(2)10-17-20-25-24-14(5)26(20)21-18(12(3)13(4)27-21)19(23-17)15-6-8-16(22)9-7-15/h6-9,11,17H,10H2,1-5H3/t17-/m0/s1. The van der Waals surface area contributed by atoms with E-state index in [2.05, 4.69) is 54.6 Å². The third kappa shape index (κ3) is 3.13. The van der Waals surface area contributed by atoms with E-state index < -0.39 is 0 Å². The minimum atomic E-state index is -0.0174. The molecule has 1 aromatic carbocycles. The molecule has 1 aliphatic rings. The van der Waals surface area contributed by atoms with E-state index in [1.807, 2.05) is 19.1 Å². The Morgan fingerprint density at radius 1 is 1.11 bits per heavy atom. The Balaban J connectivity index is 2.02. The largest absolute Gasteiger partial charge is 0.273 e. The van der Waals surface area contributed by atoms with E-state index in [1.54, 1.807) is 11.3 Å². The van der Waals surface area contributed by atoms with Gasteiger partial charge in [-0.2, -0.15) is 0 Å². The summed E-state index contributed by atoms with van der Waals surface area (Å²) in [5.41, 5.74) is 4.58. The van der Waals surface area contributed by atoms with Crippen LogP contribution in [0, 0.1) is 26.7 Å². The second-order valence-electron chi connectivity index (χ2n) is 7.53. The van der Waals surface area contributed by atoms with Crippen LogP contribution in [0.1, 0.15) is 59.5 Å². The molecule has 0 amide bonds. The van der Waals surface area contributed by atoms with Gasteiger partial charge in [-0.1, -0.05) is 37.6 Å². The van der Waals surface area contributed by atoms with E-state index in [4.69, 9.17) is 16.6 Å². The van der Waals surface area contributed by atoms with Gasteiger partial charge in [0.25, 0.3) is 0 Å². The molecular weight excluding hydrogens is 376 g/mol. The van der Waals surface area contributed by atoms with Crippen LogP contribution in [0.15, 0.2) is 29.3 Å². The quantitative estimate of drug-likeness (QED) is 0.555. The summed E-state index contributed by atoms with van der Waals surface area (Å²) in [6.07, 6.45) is 0.933. The number of hydrogen-bond acceptors (Lipinski definition) is 4. The molecule has 1 aliphatic heterocycles. The molecule has 0 bridgehead atoms. The first kappa shape index (κ1) is 18.4. The molecule has 4 nitrogen and oxygen atoms in total. The van der Waals surface area contributed by atoms with E-state index in [0.717, 1.165) is 34.4 Å². The highest BCUT2D eigenvalue weighted by atomic mass is 35.5. The van der Waals surface area contributed by atoms with E-state index in [1.165, 1.54) is 21.0 Å². The molecular formula is C21H23ClN4S. The Hall–Kier alpha value is -1.98. The van der Waals surface area contributed by atoms with Crippen LogP contribution in [0.5, 0.6) is 0 Å². The lowest BCUT2D eigenvalue weighted by atomic mass is 9.99. The second kappa shape index (κ2) is 6.88. The molecule has 0 saturated carbocycles. The lowest BCUT2D eigenvalue weighted by Gasteiger charge is -2.14. The lowest BCUT2D eigenvalue weighted by Crippen LogP contribution is -2.08. The Bertz CT molecular complexity index is 1030. The van der Waals surface area contributed by atoms with Crippen LogP contribution in [0.3, 0.4) is 0 Å². The summed E-state index contributed by atoms with van der Waals surface area (Å²) >= 11 is 7.92. The predicted molar refractivity (Wildman–Crippen MR) is 113 cm³/mol. The maximum Gasteiger partial charge on any atom is 0.163 e. The molecule has 0 radical (unpaired) electrons. The van der Waals surface area contributed by atoms with Crippen molar-refractivity contribution in [2.45, 2.75) is 47.1 Å². The number of rotatable bonds is 3. The fourth-order valence-electron chi connectivity index (χ4n) is 3.60. The first-order valence-electron chi connectivity index (χ1n) is 9.23. The van der Waals surface area contributed by atoms with Crippen molar-refractivity contribution in [1.82, 2.24) is 14.8 Å². The van der Waals surface area contributed by atoms with Gasteiger partial charge in [0.05, 0.1) is 5.71 Å². The van der Waals surface area contributed by atoms with Gasteiger partial charge in [0.15, 0.2) is 5.82 Å². The zero-order valence-corrected chi connectivity index (χ0v) is 17.8. The van der Waals surface area contributed by atoms with E-state index in [-0.39, 0.29) is 6.04 Å². The van der Waals surface area contributed by atoms with Crippen LogP contribution in [0.25, 0.3) is 5.00 Å². The molecule has 3 heterocycles. The minimum Gasteiger partial charge on any atom is -0.273 e. The molecule has 4 rings (SSSR count). The van der Waals surface area contributed by atoms with Crippen LogP contribution in [0.4, 0.5) is 0 Å². The number of fused-ring (bicyclic) bond motifs is 3. The van der Waals surface area contributed by atoms with Crippen molar-refractivity contribution in [3.8, 4) is 5.00 Å². The van der Waals surface area contributed by atoms with Gasteiger partial charge >= 0.3 is 0 Å². The van der Waals surface area contributed by atoms with Crippen molar-refractivity contribution in [3.63, 3.8) is 0 Å². The van der Waals surface area contributed by atoms with Gasteiger partial charge in [-0.15, -0.1) is 21.5 Å². The fraction of sp³-hybridized carbons (Fsp3) is 0.381. The molecule has 140 valence electrons. The Morgan fingerprint density at radius 2 is 1.81 bits per heavy atom. The number of aryl methyl sites for hydroxylation is 2. The summed E-state index contributed by atoms with van der Waals surface area (Å²) in [6.45, 7) is 10.8. The molecule has 0 saturated heterocycles. The van der Waals surface area contributed by atoms with Crippen molar-refractivity contribution in [2.24, 2.45) is 10.9 Å². The number of nitrogens with zero attached hydrogens (tertiary/aromatic N) is 4. The monoisotopic (exact) mass is 398 g/mol. The normalized spacial score (nSPS) is 16.1. The summed E-state index contributed by atoms with van der Waals surface area (Å²) in [7, 11) is 0. The molecule has 0 fully saturated rings. The van der Waals surface area contributed by atoms with Gasteiger partial charge in [-0.3, -0.25) is 9.56 Å². The molecule has 3 aromatic rings. The second-order valence-corrected chi connectivity index (χ2v) is 9.17. The van der Waals surface area contributed by atoms with Crippen LogP contribution in [-0.4, -0.2) is 20.5 Å². The lowest BCUT2D eigenvalue weighted by molar-refractivity contribution is 0.491. The van der Waals surface area contributed by atoms with Gasteiger partial charge in [0.1, 0.15) is 16.9 Å². The Kier molecular flexibility index (Phi) is 4.68. The summed E-state index contributed by atoms with van der Waals surface area (Å²) < 4.78 is 2.21. The van der Waals surface area contributed by atoms with Crippen molar-refractivity contribution in [1.29, 1.82) is 0 Å². The molecule has 0 N–H and O–H groups in total. The highest BCUT2D eigenvalue weighted by molar-refractivity contribution is 7.15. The van der Waals surface area contributed by atoms with Crippen molar-refractivity contribution < 1.29 is 0 Å². The summed E-state index contributed by atoms with van der Waals surface area (Å²) in [5.74, 6) is 2.36. The van der Waals surface area contributed by atoms with E-state index >= 15 is 0 Å². The molecule has 6 heteroatoms. The van der Waals surface area contributed by atoms with Gasteiger partial charge in [-0.05, 0) is 50.8 Å². The van der Waals surface area contributed by atoms with Crippen molar-refractivity contribution in [3.05, 3.63) is 62.5 Å². The number of aliphatic imine (C=N–C) groups is 1. The van der Waals surface area contributed by atoms with Gasteiger partial charge in [0, 0.05) is 21.0 Å². The zero-order valence-electron chi connectivity index (χ0n) is 16.2. The van der Waals surface area contributed by atoms with Gasteiger partial charge < -0.3 is 0 Å². The topological polar surface area (TPSA) is 43.1 Å². The highest BCUT2D eigenvalue weighted by Crippen LogP contribution is 2.40. The zero-order chi connectivity index (χ0) is 19.3. The molecule has 27 heavy (non-hydrogen) atoms. The van der Waals surface area contributed by atoms with Gasteiger partial charge in [-0.25, -0.2) is 0 Å². The maximum absolute atomic E-state index is 6.13. The van der Waals surface area contributed by atoms with E-state index in [9.17, 15) is 0 Å². The number of benzene rings is 1. The van der Waals surface area contributed by atoms with Crippen molar-refractivity contribution >= 4 is 28.6 Å². The molecule has 1 atom stereocenters. The first-order valence-corrected chi connectivity index (χ1v) is 10.4. The number of thiophene rings is 1. The van der Waals surface area contributed by atoms with Crippen LogP contribution in [0.2, 0.25) is 5.02 Å². The van der Waals surface area contributed by atoms with Crippen LogP contribution in [-0.2, 0) is 0 Å². The average Bonchev–Trinajstić information content (AvgIpc) is 3.08. The van der Waals surface area contributed by atoms with E-state index in [0.29, 0.717) is 5.92 Å². The van der Waals surface area contributed by atoms with Crippen LogP contribution < -0.4 is 0 Å². The predicted octanol–water partition coefficient (Wildman–Crippen LogP) is 5.85. The first-order chi connectivity index (χ1) is 12.9. The summed E-state index contributed by atoms with van der Waals surface area (Å²) in [5, 5.41) is 10.8. The average molecular weight is 399 g/mol. The summed E-state index contributed by atoms with van der Waals surface area (Å²) in [6, 6.07) is 7.96.